The van der Waals surface area contributed by atoms with Gasteiger partial charge in [-0.05, 0) is 48.7 Å². The van der Waals surface area contributed by atoms with Crippen LogP contribution >= 0.6 is 0 Å². The number of hydrogen-bond acceptors (Lipinski definition) is 6. The van der Waals surface area contributed by atoms with Gasteiger partial charge in [0.15, 0.2) is 23.0 Å². The van der Waals surface area contributed by atoms with E-state index in [0.717, 1.165) is 47.6 Å². The molecule has 6 heteroatoms. The molecule has 5 rings (SSSR count). The Morgan fingerprint density at radius 2 is 2.04 bits per heavy atom. The minimum absolute atomic E-state index is 0.143. The molecule has 136 valence electrons. The molecule has 0 fully saturated rings. The van der Waals surface area contributed by atoms with Crippen LogP contribution in [0.5, 0.6) is 28.7 Å². The number of fused-ring (bicyclic) bond motifs is 4. The second kappa shape index (κ2) is 5.45. The fourth-order valence-corrected chi connectivity index (χ4v) is 4.53. The van der Waals surface area contributed by atoms with E-state index in [1.807, 2.05) is 6.07 Å². The van der Waals surface area contributed by atoms with Crippen molar-refractivity contribution in [2.24, 2.45) is 0 Å². The summed E-state index contributed by atoms with van der Waals surface area (Å²) in [5.74, 6) is 2.57. The maximum atomic E-state index is 10.9. The highest BCUT2D eigenvalue weighted by Gasteiger charge is 2.39. The highest BCUT2D eigenvalue weighted by molar-refractivity contribution is 5.87. The summed E-state index contributed by atoms with van der Waals surface area (Å²) in [4.78, 5) is 2.34. The van der Waals surface area contributed by atoms with Crippen molar-refractivity contribution in [1.82, 2.24) is 4.90 Å². The Kier molecular flexibility index (Phi) is 3.28. The Labute approximate surface area is 151 Å². The first kappa shape index (κ1) is 15.6. The molecule has 1 aliphatic carbocycles. The third-order valence-corrected chi connectivity index (χ3v) is 5.80. The number of likely N-dealkylation sites (N-methyl/N-ethyl adjacent to an activating group) is 1. The first-order valence-electron chi connectivity index (χ1n) is 8.76. The molecule has 1 atom stereocenters. The van der Waals surface area contributed by atoms with Crippen molar-refractivity contribution < 1.29 is 24.1 Å². The van der Waals surface area contributed by atoms with E-state index >= 15 is 0 Å². The molecule has 0 unspecified atom stereocenters. The molecule has 2 aromatic rings. The third kappa shape index (κ3) is 1.90. The molecule has 3 aliphatic rings. The van der Waals surface area contributed by atoms with Gasteiger partial charge in [-0.2, -0.15) is 0 Å². The number of rotatable bonds is 2. The standard InChI is InChI=1S/C20H21NO5/c1-21-5-4-10-6-15-19(26-9-25-15)17-11-8-14(23-2)20(24-3)18(22)12(11)7-13(21)16(10)17/h6,8,13,22H,4-5,7,9H2,1-3H3/t13-/m1/s1. The van der Waals surface area contributed by atoms with E-state index in [1.165, 1.54) is 11.1 Å². The Balaban J connectivity index is 1.87. The van der Waals surface area contributed by atoms with Crippen molar-refractivity contribution in [1.29, 1.82) is 0 Å². The molecule has 0 saturated heterocycles. The topological polar surface area (TPSA) is 60.4 Å². The number of hydrogen-bond donors (Lipinski definition) is 1. The van der Waals surface area contributed by atoms with Crippen LogP contribution in [0, 0.1) is 0 Å². The monoisotopic (exact) mass is 355 g/mol. The summed E-state index contributed by atoms with van der Waals surface area (Å²) >= 11 is 0. The summed E-state index contributed by atoms with van der Waals surface area (Å²) in [7, 11) is 5.25. The molecular formula is C20H21NO5. The molecule has 26 heavy (non-hydrogen) atoms. The van der Waals surface area contributed by atoms with Gasteiger partial charge in [0, 0.05) is 23.7 Å². The average Bonchev–Trinajstić information content (AvgIpc) is 3.12. The molecule has 0 saturated carbocycles. The van der Waals surface area contributed by atoms with Gasteiger partial charge in [-0.15, -0.1) is 0 Å². The minimum atomic E-state index is 0.143. The highest BCUT2D eigenvalue weighted by atomic mass is 16.7. The lowest BCUT2D eigenvalue weighted by Crippen LogP contribution is -2.35. The largest absolute Gasteiger partial charge is 0.504 e. The van der Waals surface area contributed by atoms with Gasteiger partial charge in [0.25, 0.3) is 0 Å². The summed E-state index contributed by atoms with van der Waals surface area (Å²) in [6.07, 6.45) is 1.69. The van der Waals surface area contributed by atoms with Crippen molar-refractivity contribution >= 4 is 0 Å². The van der Waals surface area contributed by atoms with Crippen LogP contribution in [0.4, 0.5) is 0 Å². The van der Waals surface area contributed by atoms with Gasteiger partial charge in [-0.25, -0.2) is 0 Å². The number of phenolic OH excluding ortho intramolecular Hbond substituents is 1. The molecule has 0 amide bonds. The molecule has 0 aromatic heterocycles. The number of aromatic hydroxyl groups is 1. The van der Waals surface area contributed by atoms with Crippen LogP contribution in [-0.2, 0) is 12.8 Å². The predicted octanol–water partition coefficient (Wildman–Crippen LogP) is 2.89. The van der Waals surface area contributed by atoms with Gasteiger partial charge in [0.2, 0.25) is 12.5 Å². The van der Waals surface area contributed by atoms with Gasteiger partial charge in [-0.1, -0.05) is 0 Å². The van der Waals surface area contributed by atoms with E-state index in [2.05, 4.69) is 18.0 Å². The summed E-state index contributed by atoms with van der Waals surface area (Å²) in [5.41, 5.74) is 5.40. The summed E-state index contributed by atoms with van der Waals surface area (Å²) in [6, 6.07) is 4.25. The molecular weight excluding hydrogens is 334 g/mol. The Hall–Kier alpha value is -2.60. The quantitative estimate of drug-likeness (QED) is 0.894. The average molecular weight is 355 g/mol. The lowest BCUT2D eigenvalue weighted by molar-refractivity contribution is 0.174. The van der Waals surface area contributed by atoms with Crippen molar-refractivity contribution in [3.8, 4) is 39.9 Å². The van der Waals surface area contributed by atoms with E-state index in [1.54, 1.807) is 14.2 Å². The number of nitrogens with zero attached hydrogens (tertiary/aromatic N) is 1. The summed E-state index contributed by atoms with van der Waals surface area (Å²) in [5, 5.41) is 10.9. The van der Waals surface area contributed by atoms with Crippen LogP contribution in [0.1, 0.15) is 22.7 Å². The lowest BCUT2D eigenvalue weighted by Gasteiger charge is -2.40. The van der Waals surface area contributed by atoms with Crippen LogP contribution in [0.15, 0.2) is 12.1 Å². The van der Waals surface area contributed by atoms with Crippen molar-refractivity contribution in [3.63, 3.8) is 0 Å². The predicted molar refractivity (Wildman–Crippen MR) is 95.5 cm³/mol. The van der Waals surface area contributed by atoms with Crippen LogP contribution in [-0.4, -0.2) is 44.6 Å². The zero-order valence-electron chi connectivity index (χ0n) is 15.1. The van der Waals surface area contributed by atoms with Crippen LogP contribution in [0.3, 0.4) is 0 Å². The number of methoxy groups -OCH3 is 2. The van der Waals surface area contributed by atoms with E-state index in [-0.39, 0.29) is 18.6 Å². The van der Waals surface area contributed by atoms with Gasteiger partial charge in [0.05, 0.1) is 14.2 Å². The second-order valence-corrected chi connectivity index (χ2v) is 7.00. The first-order chi connectivity index (χ1) is 12.6. The van der Waals surface area contributed by atoms with Crippen molar-refractivity contribution in [3.05, 3.63) is 28.8 Å². The molecule has 0 radical (unpaired) electrons. The van der Waals surface area contributed by atoms with Gasteiger partial charge in [-0.3, -0.25) is 4.90 Å². The fraction of sp³-hybridized carbons (Fsp3) is 0.400. The first-order valence-corrected chi connectivity index (χ1v) is 8.76. The Bertz CT molecular complexity index is 923. The van der Waals surface area contributed by atoms with Gasteiger partial charge < -0.3 is 24.1 Å². The smallest absolute Gasteiger partial charge is 0.231 e. The fourth-order valence-electron chi connectivity index (χ4n) is 4.53. The Morgan fingerprint density at radius 1 is 1.19 bits per heavy atom. The molecule has 1 N–H and O–H groups in total. The van der Waals surface area contributed by atoms with E-state index in [9.17, 15) is 5.11 Å². The maximum Gasteiger partial charge on any atom is 0.231 e. The zero-order valence-corrected chi connectivity index (χ0v) is 15.1. The van der Waals surface area contributed by atoms with Crippen LogP contribution in [0.25, 0.3) is 11.1 Å². The number of phenols is 1. The molecule has 2 aromatic carbocycles. The molecule has 2 aliphatic heterocycles. The van der Waals surface area contributed by atoms with Gasteiger partial charge >= 0.3 is 0 Å². The maximum absolute atomic E-state index is 10.9. The zero-order chi connectivity index (χ0) is 18.0. The molecule has 6 nitrogen and oxygen atoms in total. The SMILES string of the molecule is COc1cc2c(c(O)c1OC)C[C@@H]1c3c(cc4c(c3-2)OCO4)CCN1C. The highest BCUT2D eigenvalue weighted by Crippen LogP contribution is 2.57. The number of ether oxygens (including phenoxy) is 4. The van der Waals surface area contributed by atoms with Gasteiger partial charge in [0.1, 0.15) is 0 Å². The molecule has 0 spiro atoms. The summed E-state index contributed by atoms with van der Waals surface area (Å²) in [6.45, 7) is 1.19. The van der Waals surface area contributed by atoms with E-state index in [0.29, 0.717) is 11.5 Å². The van der Waals surface area contributed by atoms with Crippen LogP contribution < -0.4 is 18.9 Å². The van der Waals surface area contributed by atoms with Crippen molar-refractivity contribution in [2.45, 2.75) is 18.9 Å². The van der Waals surface area contributed by atoms with Crippen LogP contribution in [0.2, 0.25) is 0 Å². The normalized spacial score (nSPS) is 19.7. The van der Waals surface area contributed by atoms with Crippen molar-refractivity contribution in [2.75, 3.05) is 34.6 Å². The third-order valence-electron chi connectivity index (χ3n) is 5.80. The number of benzene rings is 2. The summed E-state index contributed by atoms with van der Waals surface area (Å²) < 4.78 is 22.4. The molecule has 2 heterocycles. The molecule has 0 bridgehead atoms. The van der Waals surface area contributed by atoms with E-state index < -0.39 is 0 Å². The lowest BCUT2D eigenvalue weighted by atomic mass is 9.76. The minimum Gasteiger partial charge on any atom is -0.504 e. The second-order valence-electron chi connectivity index (χ2n) is 7.00. The Morgan fingerprint density at radius 3 is 2.81 bits per heavy atom. The van der Waals surface area contributed by atoms with E-state index in [4.69, 9.17) is 18.9 Å².